The first kappa shape index (κ1) is 13.2. The second kappa shape index (κ2) is 6.08. The van der Waals surface area contributed by atoms with Crippen LogP contribution < -0.4 is 10.1 Å². The van der Waals surface area contributed by atoms with Gasteiger partial charge in [0.05, 0.1) is 12.5 Å². The molecule has 0 unspecified atom stereocenters. The van der Waals surface area contributed by atoms with Crippen molar-refractivity contribution in [1.29, 1.82) is 0 Å². The van der Waals surface area contributed by atoms with Crippen molar-refractivity contribution in [2.24, 2.45) is 5.92 Å². The molecule has 0 atom stereocenters. The van der Waals surface area contributed by atoms with Crippen LogP contribution in [0, 0.1) is 5.92 Å². The smallest absolute Gasteiger partial charge is 0.317 e. The van der Waals surface area contributed by atoms with Gasteiger partial charge in [-0.05, 0) is 12.1 Å². The molecule has 0 saturated carbocycles. The topological polar surface area (TPSA) is 78.9 Å². The number of hydrogen-bond acceptors (Lipinski definition) is 3. The first-order valence-corrected chi connectivity index (χ1v) is 6.10. The van der Waals surface area contributed by atoms with Crippen molar-refractivity contribution in [2.75, 3.05) is 26.2 Å². The molecular weight excluding hydrogens is 248 g/mol. The predicted octanol–water partition coefficient (Wildman–Crippen LogP) is 0.791. The SMILES string of the molecule is O=C(O)C1CN(C(=O)NCCOc2ccccc2)C1. The number of likely N-dealkylation sites (tertiary alicyclic amines) is 1. The minimum atomic E-state index is -0.850. The fraction of sp³-hybridized carbons (Fsp3) is 0.385. The maximum absolute atomic E-state index is 11.6. The number of urea groups is 1. The molecule has 102 valence electrons. The molecule has 2 N–H and O–H groups in total. The fourth-order valence-electron chi connectivity index (χ4n) is 1.76. The van der Waals surface area contributed by atoms with Gasteiger partial charge in [-0.3, -0.25) is 4.79 Å². The Morgan fingerprint density at radius 2 is 2.00 bits per heavy atom. The summed E-state index contributed by atoms with van der Waals surface area (Å²) in [6.07, 6.45) is 0. The van der Waals surface area contributed by atoms with Crippen LogP contribution in [0.25, 0.3) is 0 Å². The summed E-state index contributed by atoms with van der Waals surface area (Å²) in [7, 11) is 0. The van der Waals surface area contributed by atoms with Gasteiger partial charge in [0.15, 0.2) is 0 Å². The van der Waals surface area contributed by atoms with Crippen LogP contribution in [0.1, 0.15) is 0 Å². The number of rotatable bonds is 5. The van der Waals surface area contributed by atoms with Crippen molar-refractivity contribution >= 4 is 12.0 Å². The Morgan fingerprint density at radius 3 is 2.63 bits per heavy atom. The van der Waals surface area contributed by atoms with Gasteiger partial charge in [-0.25, -0.2) is 4.79 Å². The first-order valence-electron chi connectivity index (χ1n) is 6.10. The third-order valence-corrected chi connectivity index (χ3v) is 2.91. The van der Waals surface area contributed by atoms with E-state index in [2.05, 4.69) is 5.32 Å². The number of carboxylic acid groups (broad SMARTS) is 1. The average Bonchev–Trinajstić information content (AvgIpc) is 2.33. The van der Waals surface area contributed by atoms with Crippen molar-refractivity contribution in [3.63, 3.8) is 0 Å². The van der Waals surface area contributed by atoms with E-state index in [1.165, 1.54) is 4.90 Å². The van der Waals surface area contributed by atoms with Gasteiger partial charge in [0.2, 0.25) is 0 Å². The number of aliphatic carboxylic acids is 1. The highest BCUT2D eigenvalue weighted by Gasteiger charge is 2.35. The zero-order valence-corrected chi connectivity index (χ0v) is 10.4. The van der Waals surface area contributed by atoms with Gasteiger partial charge in [-0.1, -0.05) is 18.2 Å². The number of hydrogen-bond donors (Lipinski definition) is 2. The number of benzene rings is 1. The van der Waals surface area contributed by atoms with Crippen LogP contribution >= 0.6 is 0 Å². The maximum Gasteiger partial charge on any atom is 0.317 e. The molecule has 6 heteroatoms. The number of carbonyl (C=O) groups excluding carboxylic acids is 1. The van der Waals surface area contributed by atoms with Gasteiger partial charge in [0.25, 0.3) is 0 Å². The van der Waals surface area contributed by atoms with E-state index < -0.39 is 11.9 Å². The van der Waals surface area contributed by atoms with Crippen molar-refractivity contribution in [1.82, 2.24) is 10.2 Å². The van der Waals surface area contributed by atoms with E-state index in [1.54, 1.807) is 0 Å². The summed E-state index contributed by atoms with van der Waals surface area (Å²) in [5.41, 5.74) is 0. The van der Waals surface area contributed by atoms with Crippen molar-refractivity contribution in [3.8, 4) is 5.75 Å². The van der Waals surface area contributed by atoms with E-state index in [-0.39, 0.29) is 19.1 Å². The van der Waals surface area contributed by atoms with Gasteiger partial charge in [-0.2, -0.15) is 0 Å². The highest BCUT2D eigenvalue weighted by Crippen LogP contribution is 2.15. The Bertz CT molecular complexity index is 443. The molecular formula is C13H16N2O4. The molecule has 0 aromatic heterocycles. The molecule has 1 aliphatic rings. The zero-order valence-electron chi connectivity index (χ0n) is 10.4. The van der Waals surface area contributed by atoms with Crippen LogP contribution in [0.15, 0.2) is 30.3 Å². The number of nitrogens with one attached hydrogen (secondary N) is 1. The van der Waals surface area contributed by atoms with Crippen LogP contribution in [-0.2, 0) is 4.79 Å². The number of nitrogens with zero attached hydrogens (tertiary/aromatic N) is 1. The summed E-state index contributed by atoms with van der Waals surface area (Å²) in [4.78, 5) is 23.6. The molecule has 0 aliphatic carbocycles. The molecule has 1 fully saturated rings. The Labute approximate surface area is 111 Å². The summed E-state index contributed by atoms with van der Waals surface area (Å²) in [5, 5.41) is 11.4. The third-order valence-electron chi connectivity index (χ3n) is 2.91. The molecule has 0 bridgehead atoms. The Morgan fingerprint density at radius 1 is 1.32 bits per heavy atom. The predicted molar refractivity (Wildman–Crippen MR) is 68.0 cm³/mol. The van der Waals surface area contributed by atoms with E-state index >= 15 is 0 Å². The van der Waals surface area contributed by atoms with Crippen molar-refractivity contribution < 1.29 is 19.4 Å². The third kappa shape index (κ3) is 3.61. The van der Waals surface area contributed by atoms with Gasteiger partial charge in [-0.15, -0.1) is 0 Å². The van der Waals surface area contributed by atoms with E-state index in [9.17, 15) is 9.59 Å². The molecule has 1 heterocycles. The lowest BCUT2D eigenvalue weighted by atomic mass is 10.0. The first-order chi connectivity index (χ1) is 9.16. The highest BCUT2D eigenvalue weighted by molar-refractivity contribution is 5.79. The summed E-state index contributed by atoms with van der Waals surface area (Å²) in [6, 6.07) is 9.09. The minimum absolute atomic E-state index is 0.242. The van der Waals surface area contributed by atoms with Crippen molar-refractivity contribution in [3.05, 3.63) is 30.3 Å². The van der Waals surface area contributed by atoms with E-state index in [1.807, 2.05) is 30.3 Å². The molecule has 6 nitrogen and oxygen atoms in total. The Hall–Kier alpha value is -2.24. The number of amides is 2. The lowest BCUT2D eigenvalue weighted by Crippen LogP contribution is -2.56. The minimum Gasteiger partial charge on any atom is -0.492 e. The summed E-state index contributed by atoms with van der Waals surface area (Å²) >= 11 is 0. The molecule has 1 saturated heterocycles. The van der Waals surface area contributed by atoms with E-state index in [0.717, 1.165) is 5.75 Å². The standard InChI is InChI=1S/C13H16N2O4/c16-12(17)10-8-15(9-10)13(18)14-6-7-19-11-4-2-1-3-5-11/h1-5,10H,6-9H2,(H,14,18)(H,16,17). The molecule has 1 aromatic carbocycles. The molecule has 19 heavy (non-hydrogen) atoms. The van der Waals surface area contributed by atoms with Crippen LogP contribution in [0.5, 0.6) is 5.75 Å². The van der Waals surface area contributed by atoms with Gasteiger partial charge in [0.1, 0.15) is 12.4 Å². The lowest BCUT2D eigenvalue weighted by molar-refractivity contribution is -0.146. The molecule has 0 radical (unpaired) electrons. The Balaban J connectivity index is 1.59. The fourth-order valence-corrected chi connectivity index (χ4v) is 1.76. The second-order valence-corrected chi connectivity index (χ2v) is 4.33. The van der Waals surface area contributed by atoms with Gasteiger partial charge in [0, 0.05) is 13.1 Å². The summed E-state index contributed by atoms with van der Waals surface area (Å²) in [5.74, 6) is -0.519. The normalized spacial score (nSPS) is 14.6. The van der Waals surface area contributed by atoms with E-state index in [4.69, 9.17) is 9.84 Å². The second-order valence-electron chi connectivity index (χ2n) is 4.33. The monoisotopic (exact) mass is 264 g/mol. The number of para-hydroxylation sites is 1. The number of carboxylic acids is 1. The largest absolute Gasteiger partial charge is 0.492 e. The highest BCUT2D eigenvalue weighted by atomic mass is 16.5. The van der Waals surface area contributed by atoms with Crippen molar-refractivity contribution in [2.45, 2.75) is 0 Å². The van der Waals surface area contributed by atoms with Crippen LogP contribution in [0.2, 0.25) is 0 Å². The zero-order chi connectivity index (χ0) is 13.7. The van der Waals surface area contributed by atoms with Crippen LogP contribution in [-0.4, -0.2) is 48.2 Å². The molecule has 1 aliphatic heterocycles. The quantitative estimate of drug-likeness (QED) is 0.771. The number of ether oxygens (including phenoxy) is 1. The van der Waals surface area contributed by atoms with E-state index in [0.29, 0.717) is 13.2 Å². The van der Waals surface area contributed by atoms with Crippen LogP contribution in [0.3, 0.4) is 0 Å². The molecule has 2 rings (SSSR count). The number of carbonyl (C=O) groups is 2. The average molecular weight is 264 g/mol. The lowest BCUT2D eigenvalue weighted by Gasteiger charge is -2.36. The Kier molecular flexibility index (Phi) is 4.22. The summed E-state index contributed by atoms with van der Waals surface area (Å²) < 4.78 is 5.42. The van der Waals surface area contributed by atoms with Gasteiger partial charge >= 0.3 is 12.0 Å². The molecule has 2 amide bonds. The van der Waals surface area contributed by atoms with Gasteiger partial charge < -0.3 is 20.1 Å². The molecule has 1 aromatic rings. The molecule has 0 spiro atoms. The maximum atomic E-state index is 11.6. The van der Waals surface area contributed by atoms with Crippen LogP contribution in [0.4, 0.5) is 4.79 Å². The summed E-state index contributed by atoms with van der Waals surface area (Å²) in [6.45, 7) is 1.33.